The summed E-state index contributed by atoms with van der Waals surface area (Å²) < 4.78 is 5.01. The fourth-order valence-corrected chi connectivity index (χ4v) is 2.13. The van der Waals surface area contributed by atoms with Gasteiger partial charge in [-0.15, -0.1) is 0 Å². The second kappa shape index (κ2) is 7.59. The summed E-state index contributed by atoms with van der Waals surface area (Å²) in [5.41, 5.74) is 0.258. The summed E-state index contributed by atoms with van der Waals surface area (Å²) in [6.07, 6.45) is 2.92. The van der Waals surface area contributed by atoms with Crippen LogP contribution in [0.1, 0.15) is 17.4 Å². The number of aromatic nitrogens is 2. The van der Waals surface area contributed by atoms with E-state index in [1.807, 2.05) is 0 Å². The van der Waals surface area contributed by atoms with E-state index in [1.54, 1.807) is 0 Å². The Bertz CT molecular complexity index is 741. The van der Waals surface area contributed by atoms with Gasteiger partial charge in [-0.25, -0.2) is 9.78 Å². The number of ether oxygens (including phenoxy) is 1. The van der Waals surface area contributed by atoms with E-state index in [4.69, 9.17) is 39.5 Å². The Morgan fingerprint density at radius 2 is 1.83 bits per heavy atom. The van der Waals surface area contributed by atoms with Gasteiger partial charge < -0.3 is 10.1 Å². The molecule has 0 saturated heterocycles. The maximum absolute atomic E-state index is 12.1. The van der Waals surface area contributed by atoms with E-state index in [-0.39, 0.29) is 26.4 Å². The molecule has 0 radical (unpaired) electrons. The number of amides is 1. The van der Waals surface area contributed by atoms with Crippen LogP contribution in [0.25, 0.3) is 0 Å². The highest BCUT2D eigenvalue weighted by atomic mass is 35.5. The van der Waals surface area contributed by atoms with Gasteiger partial charge in [0.1, 0.15) is 0 Å². The summed E-state index contributed by atoms with van der Waals surface area (Å²) in [6.45, 7) is 1.41. The van der Waals surface area contributed by atoms with Crippen molar-refractivity contribution in [3.63, 3.8) is 0 Å². The maximum atomic E-state index is 12.1. The van der Waals surface area contributed by atoms with Gasteiger partial charge >= 0.3 is 5.97 Å². The molecule has 9 heteroatoms. The second-order valence-electron chi connectivity index (χ2n) is 4.37. The first-order valence-electron chi connectivity index (χ1n) is 6.31. The molecule has 1 amide bonds. The second-order valence-corrected chi connectivity index (χ2v) is 5.60. The molecule has 1 aromatic carbocycles. The van der Waals surface area contributed by atoms with E-state index >= 15 is 0 Å². The van der Waals surface area contributed by atoms with Crippen molar-refractivity contribution in [3.8, 4) is 0 Å². The number of carbonyl (C=O) groups is 2. The number of hydrogen-bond acceptors (Lipinski definition) is 5. The van der Waals surface area contributed by atoms with Gasteiger partial charge in [-0.1, -0.05) is 34.8 Å². The van der Waals surface area contributed by atoms with Gasteiger partial charge in [0.2, 0.25) is 0 Å². The van der Waals surface area contributed by atoms with Crippen molar-refractivity contribution in [2.75, 3.05) is 5.32 Å². The summed E-state index contributed by atoms with van der Waals surface area (Å²) in [5, 5.41) is 3.21. The highest BCUT2D eigenvalue weighted by Crippen LogP contribution is 2.32. The minimum atomic E-state index is -1.07. The van der Waals surface area contributed by atoms with Crippen LogP contribution >= 0.6 is 34.8 Å². The predicted octanol–water partition coefficient (Wildman–Crippen LogP) is 3.62. The molecule has 120 valence electrons. The van der Waals surface area contributed by atoms with Gasteiger partial charge in [-0.05, 0) is 19.1 Å². The number of nitrogens with zero attached hydrogens (tertiary/aromatic N) is 2. The van der Waals surface area contributed by atoms with Gasteiger partial charge in [0.25, 0.3) is 5.91 Å². The molecule has 0 fully saturated rings. The highest BCUT2D eigenvalue weighted by Gasteiger charge is 2.21. The number of halogens is 3. The molecule has 1 N–H and O–H groups in total. The number of nitrogens with one attached hydrogen (secondary N) is 1. The largest absolute Gasteiger partial charge is 0.448 e. The van der Waals surface area contributed by atoms with Gasteiger partial charge in [-0.2, -0.15) is 0 Å². The molecule has 2 rings (SSSR count). The molecule has 23 heavy (non-hydrogen) atoms. The smallest absolute Gasteiger partial charge is 0.359 e. The zero-order valence-electron chi connectivity index (χ0n) is 11.7. The fourth-order valence-electron chi connectivity index (χ4n) is 1.53. The molecule has 0 saturated carbocycles. The SMILES string of the molecule is CC(OC(=O)c1cnccn1)C(=O)Nc1cc(Cl)c(Cl)cc1Cl. The summed E-state index contributed by atoms with van der Waals surface area (Å²) >= 11 is 17.6. The molecule has 1 unspecified atom stereocenters. The molecule has 1 atom stereocenters. The van der Waals surface area contributed by atoms with Gasteiger partial charge in [0.05, 0.1) is 27.0 Å². The van der Waals surface area contributed by atoms with E-state index in [0.717, 1.165) is 0 Å². The van der Waals surface area contributed by atoms with Crippen LogP contribution in [0.15, 0.2) is 30.7 Å². The molecular formula is C14H10Cl3N3O3. The summed E-state index contributed by atoms with van der Waals surface area (Å²) in [4.78, 5) is 31.4. The first-order valence-corrected chi connectivity index (χ1v) is 7.44. The van der Waals surface area contributed by atoms with Crippen LogP contribution in [-0.4, -0.2) is 27.9 Å². The average Bonchev–Trinajstić information content (AvgIpc) is 2.53. The molecule has 0 aliphatic rings. The molecule has 6 nitrogen and oxygen atoms in total. The first kappa shape index (κ1) is 17.5. The number of rotatable bonds is 4. The Morgan fingerprint density at radius 3 is 2.48 bits per heavy atom. The standard InChI is InChI=1S/C14H10Cl3N3O3/c1-7(23-14(22)12-6-18-2-3-19-12)13(21)20-11-5-9(16)8(15)4-10(11)17/h2-7H,1H3,(H,20,21). The topological polar surface area (TPSA) is 81.2 Å². The van der Waals surface area contributed by atoms with Crippen LogP contribution in [0.5, 0.6) is 0 Å². The van der Waals surface area contributed by atoms with Gasteiger partial charge in [0, 0.05) is 12.4 Å². The number of anilines is 1. The van der Waals surface area contributed by atoms with Crippen molar-refractivity contribution in [3.05, 3.63) is 51.5 Å². The zero-order valence-corrected chi connectivity index (χ0v) is 14.0. The highest BCUT2D eigenvalue weighted by molar-refractivity contribution is 6.44. The molecule has 0 bridgehead atoms. The number of hydrogen-bond donors (Lipinski definition) is 1. The Balaban J connectivity index is 2.03. The third kappa shape index (κ3) is 4.54. The Hall–Kier alpha value is -1.89. The van der Waals surface area contributed by atoms with Crippen LogP contribution in [0.4, 0.5) is 5.69 Å². The first-order chi connectivity index (χ1) is 10.9. The molecule has 1 aromatic heterocycles. The predicted molar refractivity (Wildman–Crippen MR) is 87.0 cm³/mol. The fraction of sp³-hybridized carbons (Fsp3) is 0.143. The van der Waals surface area contributed by atoms with Crippen molar-refractivity contribution >= 4 is 52.4 Å². The molecule has 1 heterocycles. The molecular weight excluding hydrogens is 365 g/mol. The van der Waals surface area contributed by atoms with Crippen LogP contribution in [-0.2, 0) is 9.53 Å². The van der Waals surface area contributed by atoms with Crippen molar-refractivity contribution in [1.82, 2.24) is 9.97 Å². The number of esters is 1. The molecule has 0 aliphatic heterocycles. The van der Waals surface area contributed by atoms with Gasteiger partial charge in [0.15, 0.2) is 11.8 Å². The zero-order chi connectivity index (χ0) is 17.0. The van der Waals surface area contributed by atoms with Crippen molar-refractivity contribution in [2.45, 2.75) is 13.0 Å². The Labute approximate surface area is 146 Å². The lowest BCUT2D eigenvalue weighted by Crippen LogP contribution is -2.30. The van der Waals surface area contributed by atoms with Crippen LogP contribution in [0.2, 0.25) is 15.1 Å². The Kier molecular flexibility index (Phi) is 5.76. The minimum Gasteiger partial charge on any atom is -0.448 e. The Morgan fingerprint density at radius 1 is 1.13 bits per heavy atom. The number of benzene rings is 1. The lowest BCUT2D eigenvalue weighted by atomic mass is 10.3. The normalized spacial score (nSPS) is 11.7. The maximum Gasteiger partial charge on any atom is 0.359 e. The van der Waals surface area contributed by atoms with Crippen LogP contribution < -0.4 is 5.32 Å². The van der Waals surface area contributed by atoms with E-state index in [1.165, 1.54) is 37.6 Å². The van der Waals surface area contributed by atoms with Gasteiger partial charge in [-0.3, -0.25) is 9.78 Å². The quantitative estimate of drug-likeness (QED) is 0.653. The third-order valence-corrected chi connectivity index (χ3v) is 3.73. The average molecular weight is 375 g/mol. The van der Waals surface area contributed by atoms with E-state index < -0.39 is 18.0 Å². The van der Waals surface area contributed by atoms with Crippen molar-refractivity contribution < 1.29 is 14.3 Å². The summed E-state index contributed by atoms with van der Waals surface area (Å²) in [5.74, 6) is -1.34. The lowest BCUT2D eigenvalue weighted by molar-refractivity contribution is -0.123. The molecule has 0 aliphatic carbocycles. The summed E-state index contributed by atoms with van der Waals surface area (Å²) in [7, 11) is 0. The summed E-state index contributed by atoms with van der Waals surface area (Å²) in [6, 6.07) is 2.80. The van der Waals surface area contributed by atoms with Crippen molar-refractivity contribution in [1.29, 1.82) is 0 Å². The minimum absolute atomic E-state index is 0.000259. The van der Waals surface area contributed by atoms with E-state index in [2.05, 4.69) is 15.3 Å². The third-order valence-electron chi connectivity index (χ3n) is 2.69. The van der Waals surface area contributed by atoms with Crippen LogP contribution in [0, 0.1) is 0 Å². The molecule has 2 aromatic rings. The van der Waals surface area contributed by atoms with Crippen molar-refractivity contribution in [2.24, 2.45) is 0 Å². The van der Waals surface area contributed by atoms with E-state index in [9.17, 15) is 9.59 Å². The number of carbonyl (C=O) groups excluding carboxylic acids is 2. The lowest BCUT2D eigenvalue weighted by Gasteiger charge is -2.14. The van der Waals surface area contributed by atoms with Crippen LogP contribution in [0.3, 0.4) is 0 Å². The van der Waals surface area contributed by atoms with E-state index in [0.29, 0.717) is 0 Å². The monoisotopic (exact) mass is 373 g/mol. The molecule has 0 spiro atoms.